The average molecular weight is 172 g/mol. The Morgan fingerprint density at radius 1 is 1.25 bits per heavy atom. The van der Waals surface area contributed by atoms with Gasteiger partial charge in [-0.3, -0.25) is 4.79 Å². The maximum atomic E-state index is 11.2. The van der Waals surface area contributed by atoms with Crippen LogP contribution in [0.3, 0.4) is 0 Å². The summed E-state index contributed by atoms with van der Waals surface area (Å²) in [5, 5.41) is 0. The summed E-state index contributed by atoms with van der Waals surface area (Å²) in [7, 11) is 0. The van der Waals surface area contributed by atoms with E-state index in [2.05, 4.69) is 6.92 Å². The molecule has 0 aromatic carbocycles. The first-order valence-corrected chi connectivity index (χ1v) is 4.65. The number of nitrogens with two attached hydrogens (primary N) is 2. The average Bonchev–Trinajstić information content (AvgIpc) is 2.03. The SMILES string of the molecule is CCCCCC(N)(N)C(=O)CC. The van der Waals surface area contributed by atoms with Crippen LogP contribution in [0.1, 0.15) is 46.0 Å². The minimum atomic E-state index is -1.08. The Hall–Kier alpha value is -0.410. The predicted octanol–water partition coefficient (Wildman–Crippen LogP) is 1.16. The first-order valence-electron chi connectivity index (χ1n) is 4.65. The van der Waals surface area contributed by atoms with Crippen LogP contribution >= 0.6 is 0 Å². The van der Waals surface area contributed by atoms with Gasteiger partial charge in [0.2, 0.25) is 0 Å². The molecule has 3 heteroatoms. The number of carbonyl (C=O) groups is 1. The molecule has 0 rings (SSSR count). The molecular weight excluding hydrogens is 152 g/mol. The fraction of sp³-hybridized carbons (Fsp3) is 0.889. The molecule has 0 unspecified atom stereocenters. The quantitative estimate of drug-likeness (QED) is 0.466. The molecule has 72 valence electrons. The summed E-state index contributed by atoms with van der Waals surface area (Å²) in [6.45, 7) is 3.90. The van der Waals surface area contributed by atoms with E-state index in [0.29, 0.717) is 12.8 Å². The molecule has 0 amide bonds. The van der Waals surface area contributed by atoms with Gasteiger partial charge in [-0.2, -0.15) is 0 Å². The van der Waals surface area contributed by atoms with E-state index in [4.69, 9.17) is 11.5 Å². The van der Waals surface area contributed by atoms with E-state index >= 15 is 0 Å². The molecule has 12 heavy (non-hydrogen) atoms. The van der Waals surface area contributed by atoms with Gasteiger partial charge in [0.25, 0.3) is 0 Å². The Labute approximate surface area is 74.5 Å². The van der Waals surface area contributed by atoms with Crippen LogP contribution < -0.4 is 11.5 Å². The summed E-state index contributed by atoms with van der Waals surface area (Å²) in [6, 6.07) is 0. The van der Waals surface area contributed by atoms with Crippen molar-refractivity contribution in [3.8, 4) is 0 Å². The van der Waals surface area contributed by atoms with Crippen molar-refractivity contribution in [1.82, 2.24) is 0 Å². The Kier molecular flexibility index (Phi) is 5.09. The van der Waals surface area contributed by atoms with Gasteiger partial charge in [0, 0.05) is 6.42 Å². The van der Waals surface area contributed by atoms with Crippen molar-refractivity contribution in [2.75, 3.05) is 0 Å². The van der Waals surface area contributed by atoms with Gasteiger partial charge in [0.05, 0.1) is 0 Å². The Balaban J connectivity index is 3.78. The Bertz CT molecular complexity index is 143. The fourth-order valence-corrected chi connectivity index (χ4v) is 1.14. The zero-order valence-electron chi connectivity index (χ0n) is 8.10. The highest BCUT2D eigenvalue weighted by Crippen LogP contribution is 2.09. The topological polar surface area (TPSA) is 69.1 Å². The van der Waals surface area contributed by atoms with Crippen molar-refractivity contribution in [2.24, 2.45) is 11.5 Å². The highest BCUT2D eigenvalue weighted by molar-refractivity contribution is 5.87. The lowest BCUT2D eigenvalue weighted by Gasteiger charge is -2.21. The maximum Gasteiger partial charge on any atom is 0.166 e. The van der Waals surface area contributed by atoms with Gasteiger partial charge in [0.1, 0.15) is 5.66 Å². The van der Waals surface area contributed by atoms with Crippen LogP contribution in [-0.2, 0) is 4.79 Å². The molecule has 0 aromatic heterocycles. The molecule has 4 N–H and O–H groups in total. The van der Waals surface area contributed by atoms with Crippen molar-refractivity contribution in [3.05, 3.63) is 0 Å². The van der Waals surface area contributed by atoms with E-state index in [-0.39, 0.29) is 5.78 Å². The standard InChI is InChI=1S/C9H20N2O/c1-3-5-6-7-9(10,11)8(12)4-2/h3-7,10-11H2,1-2H3. The van der Waals surface area contributed by atoms with Crippen molar-refractivity contribution in [1.29, 1.82) is 0 Å². The number of Topliss-reactive ketones (excluding diaryl/α,β-unsaturated/α-hetero) is 1. The summed E-state index contributed by atoms with van der Waals surface area (Å²) >= 11 is 0. The number of hydrogen-bond donors (Lipinski definition) is 2. The van der Waals surface area contributed by atoms with Crippen LogP contribution in [0.5, 0.6) is 0 Å². The molecule has 0 atom stereocenters. The van der Waals surface area contributed by atoms with E-state index in [1.54, 1.807) is 6.92 Å². The van der Waals surface area contributed by atoms with Gasteiger partial charge in [-0.1, -0.05) is 26.7 Å². The number of ketones is 1. The maximum absolute atomic E-state index is 11.2. The van der Waals surface area contributed by atoms with Crippen LogP contribution in [-0.4, -0.2) is 11.4 Å². The summed E-state index contributed by atoms with van der Waals surface area (Å²) in [6.07, 6.45) is 4.19. The van der Waals surface area contributed by atoms with Crippen molar-refractivity contribution >= 4 is 5.78 Å². The number of unbranched alkanes of at least 4 members (excludes halogenated alkanes) is 2. The first-order chi connectivity index (χ1) is 5.54. The normalized spacial score (nSPS) is 11.7. The molecule has 0 heterocycles. The highest BCUT2D eigenvalue weighted by Gasteiger charge is 2.25. The van der Waals surface area contributed by atoms with E-state index < -0.39 is 5.66 Å². The van der Waals surface area contributed by atoms with Crippen LogP contribution in [0, 0.1) is 0 Å². The molecule has 0 saturated carbocycles. The van der Waals surface area contributed by atoms with Crippen LogP contribution in [0.4, 0.5) is 0 Å². The summed E-state index contributed by atoms with van der Waals surface area (Å²) in [4.78, 5) is 11.2. The highest BCUT2D eigenvalue weighted by atomic mass is 16.1. The van der Waals surface area contributed by atoms with Crippen LogP contribution in [0.2, 0.25) is 0 Å². The predicted molar refractivity (Wildman–Crippen MR) is 50.5 cm³/mol. The zero-order valence-corrected chi connectivity index (χ0v) is 8.10. The molecule has 0 bridgehead atoms. The molecule has 0 saturated heterocycles. The van der Waals surface area contributed by atoms with Crippen LogP contribution in [0.15, 0.2) is 0 Å². The van der Waals surface area contributed by atoms with E-state index in [9.17, 15) is 4.79 Å². The zero-order chi connectivity index (χ0) is 9.61. The Morgan fingerprint density at radius 2 is 1.83 bits per heavy atom. The smallest absolute Gasteiger partial charge is 0.166 e. The third kappa shape index (κ3) is 3.83. The molecule has 3 nitrogen and oxygen atoms in total. The van der Waals surface area contributed by atoms with Gasteiger partial charge in [-0.15, -0.1) is 0 Å². The van der Waals surface area contributed by atoms with Crippen molar-refractivity contribution in [3.63, 3.8) is 0 Å². The summed E-state index contributed by atoms with van der Waals surface area (Å²) in [5.41, 5.74) is 10.2. The molecule has 0 aliphatic heterocycles. The first kappa shape index (κ1) is 11.6. The second-order valence-corrected chi connectivity index (χ2v) is 3.27. The number of hydrogen-bond acceptors (Lipinski definition) is 3. The third-order valence-corrected chi connectivity index (χ3v) is 2.03. The molecular formula is C9H20N2O. The molecule has 0 radical (unpaired) electrons. The summed E-state index contributed by atoms with van der Waals surface area (Å²) < 4.78 is 0. The van der Waals surface area contributed by atoms with Crippen molar-refractivity contribution in [2.45, 2.75) is 51.6 Å². The minimum absolute atomic E-state index is 0.0430. The molecule has 0 aromatic rings. The lowest BCUT2D eigenvalue weighted by molar-refractivity contribution is -0.124. The van der Waals surface area contributed by atoms with Gasteiger partial charge < -0.3 is 11.5 Å². The van der Waals surface area contributed by atoms with Crippen LogP contribution in [0.25, 0.3) is 0 Å². The number of rotatable bonds is 6. The molecule has 0 fully saturated rings. The fourth-order valence-electron chi connectivity index (χ4n) is 1.14. The third-order valence-electron chi connectivity index (χ3n) is 2.03. The lowest BCUT2D eigenvalue weighted by atomic mass is 9.97. The second-order valence-electron chi connectivity index (χ2n) is 3.27. The summed E-state index contributed by atoms with van der Waals surface area (Å²) in [5.74, 6) is -0.0430. The second kappa shape index (κ2) is 5.27. The Morgan fingerprint density at radius 3 is 2.25 bits per heavy atom. The van der Waals surface area contributed by atoms with Gasteiger partial charge in [0.15, 0.2) is 5.78 Å². The number of carbonyl (C=O) groups excluding carboxylic acids is 1. The van der Waals surface area contributed by atoms with Gasteiger partial charge in [-0.05, 0) is 12.8 Å². The molecule has 0 aliphatic rings. The van der Waals surface area contributed by atoms with Gasteiger partial charge >= 0.3 is 0 Å². The van der Waals surface area contributed by atoms with E-state index in [1.165, 1.54) is 0 Å². The van der Waals surface area contributed by atoms with Gasteiger partial charge in [-0.25, -0.2) is 0 Å². The van der Waals surface area contributed by atoms with E-state index in [0.717, 1.165) is 19.3 Å². The molecule has 0 spiro atoms. The monoisotopic (exact) mass is 172 g/mol. The lowest BCUT2D eigenvalue weighted by Crippen LogP contribution is -2.56. The minimum Gasteiger partial charge on any atom is -0.307 e. The van der Waals surface area contributed by atoms with Crippen molar-refractivity contribution < 1.29 is 4.79 Å². The van der Waals surface area contributed by atoms with E-state index in [1.807, 2.05) is 0 Å². The largest absolute Gasteiger partial charge is 0.307 e. The molecule has 0 aliphatic carbocycles.